The first-order chi connectivity index (χ1) is 8.62. The normalized spacial score (nSPS) is 12.0. The summed E-state index contributed by atoms with van der Waals surface area (Å²) in [6.07, 6.45) is 2.20. The highest BCUT2D eigenvalue weighted by Gasteiger charge is 2.13. The molecule has 0 aromatic carbocycles. The van der Waals surface area contributed by atoms with E-state index in [9.17, 15) is 4.79 Å². The second kappa shape index (κ2) is 6.90. The fourth-order valence-corrected chi connectivity index (χ4v) is 1.41. The van der Waals surface area contributed by atoms with Crippen LogP contribution >= 0.6 is 0 Å². The van der Waals surface area contributed by atoms with E-state index in [4.69, 9.17) is 9.84 Å². The molecular weight excluding hydrogens is 234 g/mol. The predicted molar refractivity (Wildman–Crippen MR) is 67.5 cm³/mol. The van der Waals surface area contributed by atoms with Crippen molar-refractivity contribution >= 4 is 11.9 Å². The van der Waals surface area contributed by atoms with Gasteiger partial charge in [0.05, 0.1) is 30.5 Å². The number of hydrogen-bond donors (Lipinski definition) is 2. The second-order valence-electron chi connectivity index (χ2n) is 3.85. The van der Waals surface area contributed by atoms with Gasteiger partial charge in [0.25, 0.3) is 0 Å². The smallest absolute Gasteiger partial charge is 0.341 e. The molecule has 0 saturated carbocycles. The first-order valence-corrected chi connectivity index (χ1v) is 6.00. The molecule has 0 spiro atoms. The number of nitrogens with zero attached hydrogens (tertiary/aromatic N) is 2. The highest BCUT2D eigenvalue weighted by atomic mass is 16.5. The minimum absolute atomic E-state index is 0.0124. The number of aromatic nitrogens is 2. The van der Waals surface area contributed by atoms with Gasteiger partial charge in [-0.3, -0.25) is 0 Å². The largest absolute Gasteiger partial charge is 0.462 e. The summed E-state index contributed by atoms with van der Waals surface area (Å²) in [5.74, 6) is -0.0165. The van der Waals surface area contributed by atoms with Crippen LogP contribution in [0.15, 0.2) is 6.20 Å². The highest BCUT2D eigenvalue weighted by Crippen LogP contribution is 2.10. The molecule has 100 valence electrons. The number of nitrogens with one attached hydrogen (secondary N) is 1. The Hall–Kier alpha value is -1.69. The van der Waals surface area contributed by atoms with Crippen LogP contribution in [0.2, 0.25) is 0 Å². The Morgan fingerprint density at radius 2 is 2.28 bits per heavy atom. The van der Waals surface area contributed by atoms with Crippen LogP contribution in [0, 0.1) is 6.92 Å². The van der Waals surface area contributed by atoms with Gasteiger partial charge >= 0.3 is 5.97 Å². The van der Waals surface area contributed by atoms with Gasteiger partial charge < -0.3 is 15.2 Å². The van der Waals surface area contributed by atoms with E-state index in [2.05, 4.69) is 15.3 Å². The minimum Gasteiger partial charge on any atom is -0.462 e. The molecule has 18 heavy (non-hydrogen) atoms. The maximum atomic E-state index is 11.5. The van der Waals surface area contributed by atoms with Crippen molar-refractivity contribution in [3.05, 3.63) is 17.5 Å². The van der Waals surface area contributed by atoms with E-state index in [-0.39, 0.29) is 12.6 Å². The fraction of sp³-hybridized carbons (Fsp3) is 0.583. The van der Waals surface area contributed by atoms with Crippen LogP contribution in [0.3, 0.4) is 0 Å². The lowest BCUT2D eigenvalue weighted by molar-refractivity contribution is 0.0524. The number of anilines is 1. The van der Waals surface area contributed by atoms with E-state index in [1.54, 1.807) is 13.8 Å². The average Bonchev–Trinajstić information content (AvgIpc) is 2.36. The third-order valence-corrected chi connectivity index (χ3v) is 2.52. The Morgan fingerprint density at radius 3 is 2.78 bits per heavy atom. The van der Waals surface area contributed by atoms with Gasteiger partial charge in [-0.25, -0.2) is 14.8 Å². The SMILES string of the molecule is CCOC(=O)c1cnc(NC(CC)CO)nc1C. The van der Waals surface area contributed by atoms with Gasteiger partial charge in [-0.1, -0.05) is 6.92 Å². The summed E-state index contributed by atoms with van der Waals surface area (Å²) in [6.45, 7) is 5.75. The number of aliphatic hydroxyl groups excluding tert-OH is 1. The van der Waals surface area contributed by atoms with Gasteiger partial charge in [0.2, 0.25) is 5.95 Å². The van der Waals surface area contributed by atoms with Crippen molar-refractivity contribution in [2.75, 3.05) is 18.5 Å². The fourth-order valence-electron chi connectivity index (χ4n) is 1.41. The molecule has 1 aromatic heterocycles. The third kappa shape index (κ3) is 3.66. The molecular formula is C12H19N3O3. The molecule has 0 amide bonds. The molecule has 1 heterocycles. The Kier molecular flexibility index (Phi) is 5.51. The molecule has 6 heteroatoms. The quantitative estimate of drug-likeness (QED) is 0.740. The molecule has 1 rings (SSSR count). The van der Waals surface area contributed by atoms with Gasteiger partial charge in [0.1, 0.15) is 0 Å². The van der Waals surface area contributed by atoms with Crippen molar-refractivity contribution in [2.24, 2.45) is 0 Å². The van der Waals surface area contributed by atoms with E-state index in [1.807, 2.05) is 6.92 Å². The van der Waals surface area contributed by atoms with Crippen LogP contribution in [0.1, 0.15) is 36.3 Å². The van der Waals surface area contributed by atoms with Crippen LogP contribution in [-0.4, -0.2) is 40.3 Å². The molecule has 2 N–H and O–H groups in total. The summed E-state index contributed by atoms with van der Waals surface area (Å²) in [6, 6.07) is -0.0853. The van der Waals surface area contributed by atoms with Crippen LogP contribution < -0.4 is 5.32 Å². The zero-order valence-electron chi connectivity index (χ0n) is 10.9. The molecule has 0 aliphatic heterocycles. The van der Waals surface area contributed by atoms with E-state index in [0.717, 1.165) is 6.42 Å². The Labute approximate surface area is 106 Å². The predicted octanol–water partition coefficient (Wildman–Crippen LogP) is 1.14. The van der Waals surface area contributed by atoms with Crippen molar-refractivity contribution in [1.82, 2.24) is 9.97 Å². The van der Waals surface area contributed by atoms with E-state index >= 15 is 0 Å². The van der Waals surface area contributed by atoms with Gasteiger partial charge in [0, 0.05) is 6.20 Å². The third-order valence-electron chi connectivity index (χ3n) is 2.52. The maximum absolute atomic E-state index is 11.5. The molecule has 1 aromatic rings. The number of carbonyl (C=O) groups excluding carboxylic acids is 1. The van der Waals surface area contributed by atoms with E-state index in [1.165, 1.54) is 6.20 Å². The Morgan fingerprint density at radius 1 is 1.56 bits per heavy atom. The van der Waals surface area contributed by atoms with Crippen LogP contribution in [0.5, 0.6) is 0 Å². The lowest BCUT2D eigenvalue weighted by Crippen LogP contribution is -2.24. The van der Waals surface area contributed by atoms with E-state index in [0.29, 0.717) is 23.8 Å². The number of aliphatic hydroxyl groups is 1. The summed E-state index contributed by atoms with van der Waals surface area (Å²) in [4.78, 5) is 19.8. The molecule has 6 nitrogen and oxygen atoms in total. The molecule has 0 fully saturated rings. The summed E-state index contributed by atoms with van der Waals surface area (Å²) >= 11 is 0. The van der Waals surface area contributed by atoms with Crippen LogP contribution in [-0.2, 0) is 4.74 Å². The number of carbonyl (C=O) groups is 1. The zero-order chi connectivity index (χ0) is 13.5. The van der Waals surface area contributed by atoms with Gasteiger partial charge in [-0.15, -0.1) is 0 Å². The first kappa shape index (κ1) is 14.4. The monoisotopic (exact) mass is 253 g/mol. The molecule has 0 saturated heterocycles. The molecule has 0 aliphatic carbocycles. The standard InChI is InChI=1S/C12H19N3O3/c1-4-9(7-16)15-12-13-6-10(8(3)14-12)11(17)18-5-2/h6,9,16H,4-5,7H2,1-3H3,(H,13,14,15). The first-order valence-electron chi connectivity index (χ1n) is 6.00. The summed E-state index contributed by atoms with van der Waals surface area (Å²) in [5.41, 5.74) is 0.915. The molecule has 0 radical (unpaired) electrons. The molecule has 0 aliphatic rings. The summed E-state index contributed by atoms with van der Waals surface area (Å²) in [7, 11) is 0. The number of aryl methyl sites for hydroxylation is 1. The van der Waals surface area contributed by atoms with Gasteiger partial charge in [0.15, 0.2) is 0 Å². The van der Waals surface area contributed by atoms with E-state index < -0.39 is 5.97 Å². The molecule has 0 bridgehead atoms. The van der Waals surface area contributed by atoms with Crippen molar-refractivity contribution in [2.45, 2.75) is 33.2 Å². The Bertz CT molecular complexity index is 406. The number of hydrogen-bond acceptors (Lipinski definition) is 6. The maximum Gasteiger partial charge on any atom is 0.341 e. The second-order valence-corrected chi connectivity index (χ2v) is 3.85. The van der Waals surface area contributed by atoms with Gasteiger partial charge in [-0.2, -0.15) is 0 Å². The topological polar surface area (TPSA) is 84.3 Å². The summed E-state index contributed by atoms with van der Waals surface area (Å²) < 4.78 is 4.89. The van der Waals surface area contributed by atoms with Crippen LogP contribution in [0.25, 0.3) is 0 Å². The average molecular weight is 253 g/mol. The van der Waals surface area contributed by atoms with Crippen molar-refractivity contribution < 1.29 is 14.6 Å². The number of ether oxygens (including phenoxy) is 1. The lowest BCUT2D eigenvalue weighted by Gasteiger charge is -2.14. The zero-order valence-corrected chi connectivity index (χ0v) is 10.9. The van der Waals surface area contributed by atoms with Gasteiger partial charge in [-0.05, 0) is 20.3 Å². The van der Waals surface area contributed by atoms with Crippen LogP contribution in [0.4, 0.5) is 5.95 Å². The van der Waals surface area contributed by atoms with Crippen molar-refractivity contribution in [3.8, 4) is 0 Å². The Balaban J connectivity index is 2.82. The number of esters is 1. The molecule has 1 atom stereocenters. The number of rotatable bonds is 6. The van der Waals surface area contributed by atoms with Crippen molar-refractivity contribution in [1.29, 1.82) is 0 Å². The minimum atomic E-state index is -0.421. The summed E-state index contributed by atoms with van der Waals surface area (Å²) in [5, 5.41) is 12.1. The lowest BCUT2D eigenvalue weighted by atomic mass is 10.2. The highest BCUT2D eigenvalue weighted by molar-refractivity contribution is 5.90. The molecule has 1 unspecified atom stereocenters. The van der Waals surface area contributed by atoms with Crippen molar-refractivity contribution in [3.63, 3.8) is 0 Å².